The van der Waals surface area contributed by atoms with Gasteiger partial charge in [-0.25, -0.2) is 0 Å². The smallest absolute Gasteiger partial charge is 0.309 e. The molecule has 2 aromatic heterocycles. The molecule has 0 spiro atoms. The summed E-state index contributed by atoms with van der Waals surface area (Å²) < 4.78 is 5.62. The molecule has 0 aliphatic heterocycles. The maximum atomic E-state index is 11.6. The molecule has 1 fully saturated rings. The van der Waals surface area contributed by atoms with Crippen molar-refractivity contribution in [2.45, 2.75) is 25.4 Å². The Bertz CT molecular complexity index is 614. The van der Waals surface area contributed by atoms with E-state index in [1.165, 1.54) is 0 Å². The van der Waals surface area contributed by atoms with E-state index in [9.17, 15) is 9.59 Å². The van der Waals surface area contributed by atoms with Crippen molar-refractivity contribution in [3.05, 3.63) is 35.4 Å². The molecular formula is C14H14N2O3S. The molecule has 2 heterocycles. The van der Waals surface area contributed by atoms with Gasteiger partial charge in [0.2, 0.25) is 0 Å². The second-order valence-electron chi connectivity index (χ2n) is 4.67. The fourth-order valence-corrected chi connectivity index (χ4v) is 2.44. The lowest BCUT2D eigenvalue weighted by molar-refractivity contribution is -0.139. The fourth-order valence-electron chi connectivity index (χ4n) is 1.75. The van der Waals surface area contributed by atoms with Crippen molar-refractivity contribution in [1.29, 1.82) is 0 Å². The van der Waals surface area contributed by atoms with Gasteiger partial charge in [-0.2, -0.15) is 0 Å². The van der Waals surface area contributed by atoms with E-state index in [-0.39, 0.29) is 12.6 Å². The highest BCUT2D eigenvalue weighted by Gasteiger charge is 2.26. The number of carbonyl (C=O) groups excluding carboxylic acids is 2. The Balaban J connectivity index is 1.53. The molecule has 2 N–H and O–H groups in total. The lowest BCUT2D eigenvalue weighted by atomic mass is 10.3. The quantitative estimate of drug-likeness (QED) is 0.845. The van der Waals surface area contributed by atoms with Crippen molar-refractivity contribution in [2.24, 2.45) is 0 Å². The van der Waals surface area contributed by atoms with E-state index in [1.54, 1.807) is 17.4 Å². The Morgan fingerprint density at radius 3 is 2.80 bits per heavy atom. The first kappa shape index (κ1) is 12.9. The molecule has 1 aliphatic carbocycles. The minimum Gasteiger partial charge on any atom is -0.458 e. The highest BCUT2D eigenvalue weighted by molar-refractivity contribution is 7.13. The van der Waals surface area contributed by atoms with Gasteiger partial charge < -0.3 is 15.1 Å². The van der Waals surface area contributed by atoms with Crippen molar-refractivity contribution in [3.8, 4) is 10.6 Å². The molecule has 3 rings (SSSR count). The number of amides is 2. The number of hydrogen-bond acceptors (Lipinski definition) is 4. The lowest BCUT2D eigenvalue weighted by Gasteiger charge is -2.03. The van der Waals surface area contributed by atoms with Crippen LogP contribution >= 0.6 is 11.3 Å². The van der Waals surface area contributed by atoms with Gasteiger partial charge in [0.05, 0.1) is 11.4 Å². The molecule has 1 aliphatic rings. The molecule has 0 radical (unpaired) electrons. The van der Waals surface area contributed by atoms with Crippen LogP contribution in [0.15, 0.2) is 34.1 Å². The van der Waals surface area contributed by atoms with E-state index >= 15 is 0 Å². The standard InChI is InChI=1S/C14H14N2O3S/c17-13(14(18)16-9-3-4-9)15-8-10-5-6-11(19-10)12-2-1-7-20-12/h1-2,5-7,9H,3-4,8H2,(H,15,17)(H,16,18). The topological polar surface area (TPSA) is 71.3 Å². The minimum atomic E-state index is -0.619. The van der Waals surface area contributed by atoms with Crippen molar-refractivity contribution < 1.29 is 14.0 Å². The second kappa shape index (κ2) is 5.50. The summed E-state index contributed by atoms with van der Waals surface area (Å²) in [4.78, 5) is 24.0. The van der Waals surface area contributed by atoms with Gasteiger partial charge in [0, 0.05) is 6.04 Å². The predicted molar refractivity (Wildman–Crippen MR) is 75.0 cm³/mol. The number of furan rings is 1. The zero-order valence-corrected chi connectivity index (χ0v) is 11.5. The van der Waals surface area contributed by atoms with E-state index < -0.39 is 11.8 Å². The Kier molecular flexibility index (Phi) is 3.56. The Morgan fingerprint density at radius 1 is 1.25 bits per heavy atom. The molecule has 0 atom stereocenters. The van der Waals surface area contributed by atoms with Crippen molar-refractivity contribution in [3.63, 3.8) is 0 Å². The minimum absolute atomic E-state index is 0.183. The molecule has 5 nitrogen and oxygen atoms in total. The highest BCUT2D eigenvalue weighted by atomic mass is 32.1. The van der Waals surface area contributed by atoms with Crippen LogP contribution in [0.1, 0.15) is 18.6 Å². The van der Waals surface area contributed by atoms with Gasteiger partial charge in [-0.1, -0.05) is 6.07 Å². The summed E-state index contributed by atoms with van der Waals surface area (Å²) in [6, 6.07) is 7.76. The monoisotopic (exact) mass is 290 g/mol. The van der Waals surface area contributed by atoms with Crippen molar-refractivity contribution >= 4 is 23.2 Å². The molecule has 104 valence electrons. The predicted octanol–water partition coefficient (Wildman–Crippen LogP) is 1.90. The first-order chi connectivity index (χ1) is 9.72. The van der Waals surface area contributed by atoms with Crippen LogP contribution in [0.2, 0.25) is 0 Å². The van der Waals surface area contributed by atoms with Crippen LogP contribution in [0.3, 0.4) is 0 Å². The summed E-state index contributed by atoms with van der Waals surface area (Å²) in [5.41, 5.74) is 0. The molecule has 0 aromatic carbocycles. The number of rotatable bonds is 4. The first-order valence-corrected chi connectivity index (χ1v) is 7.31. The third kappa shape index (κ3) is 3.08. The van der Waals surface area contributed by atoms with Gasteiger partial charge in [-0.05, 0) is 36.4 Å². The number of thiophene rings is 1. The highest BCUT2D eigenvalue weighted by Crippen LogP contribution is 2.26. The third-order valence-electron chi connectivity index (χ3n) is 2.97. The molecular weight excluding hydrogens is 276 g/mol. The Hall–Kier alpha value is -2.08. The molecule has 1 saturated carbocycles. The normalized spacial score (nSPS) is 14.0. The maximum absolute atomic E-state index is 11.6. The molecule has 0 bridgehead atoms. The number of nitrogens with one attached hydrogen (secondary N) is 2. The van der Waals surface area contributed by atoms with Crippen LogP contribution in [-0.2, 0) is 16.1 Å². The van der Waals surface area contributed by atoms with Crippen molar-refractivity contribution in [1.82, 2.24) is 10.6 Å². The van der Waals surface area contributed by atoms with E-state index in [0.717, 1.165) is 23.5 Å². The molecule has 0 unspecified atom stereocenters. The van der Waals surface area contributed by atoms with Crippen LogP contribution in [-0.4, -0.2) is 17.9 Å². The van der Waals surface area contributed by atoms with Crippen LogP contribution in [0.4, 0.5) is 0 Å². The third-order valence-corrected chi connectivity index (χ3v) is 3.85. The van der Waals surface area contributed by atoms with Gasteiger partial charge in [0.1, 0.15) is 11.5 Å². The second-order valence-corrected chi connectivity index (χ2v) is 5.62. The van der Waals surface area contributed by atoms with Gasteiger partial charge in [-0.3, -0.25) is 9.59 Å². The van der Waals surface area contributed by atoms with Crippen LogP contribution < -0.4 is 10.6 Å². The molecule has 0 saturated heterocycles. The fraction of sp³-hybridized carbons (Fsp3) is 0.286. The van der Waals surface area contributed by atoms with Gasteiger partial charge >= 0.3 is 11.8 Å². The average Bonchev–Trinajstić information content (AvgIpc) is 2.97. The molecule has 2 aromatic rings. The summed E-state index contributed by atoms with van der Waals surface area (Å²) in [6.07, 6.45) is 1.92. The number of carbonyl (C=O) groups is 2. The molecule has 20 heavy (non-hydrogen) atoms. The Labute approximate surface area is 120 Å². The van der Waals surface area contributed by atoms with Crippen molar-refractivity contribution in [2.75, 3.05) is 0 Å². The zero-order valence-electron chi connectivity index (χ0n) is 10.7. The van der Waals surface area contributed by atoms with E-state index in [0.29, 0.717) is 5.76 Å². The first-order valence-electron chi connectivity index (χ1n) is 6.43. The Morgan fingerprint density at radius 2 is 2.10 bits per heavy atom. The summed E-state index contributed by atoms with van der Waals surface area (Å²) in [5.74, 6) is 0.205. The molecule has 6 heteroatoms. The van der Waals surface area contributed by atoms with Gasteiger partial charge in [-0.15, -0.1) is 11.3 Å². The summed E-state index contributed by atoms with van der Waals surface area (Å²) in [5, 5.41) is 7.16. The largest absolute Gasteiger partial charge is 0.458 e. The van der Waals surface area contributed by atoms with E-state index in [1.807, 2.05) is 23.6 Å². The van der Waals surface area contributed by atoms with Gasteiger partial charge in [0.15, 0.2) is 0 Å². The SMILES string of the molecule is O=C(NCc1ccc(-c2cccs2)o1)C(=O)NC1CC1. The lowest BCUT2D eigenvalue weighted by Crippen LogP contribution is -2.40. The van der Waals surface area contributed by atoms with E-state index in [4.69, 9.17) is 4.42 Å². The van der Waals surface area contributed by atoms with Gasteiger partial charge in [0.25, 0.3) is 0 Å². The summed E-state index contributed by atoms with van der Waals surface area (Å²) in [7, 11) is 0. The number of hydrogen-bond donors (Lipinski definition) is 2. The zero-order chi connectivity index (χ0) is 13.9. The molecule has 2 amide bonds. The van der Waals surface area contributed by atoms with Crippen LogP contribution in [0.25, 0.3) is 10.6 Å². The average molecular weight is 290 g/mol. The summed E-state index contributed by atoms with van der Waals surface area (Å²) in [6.45, 7) is 0.211. The van der Waals surface area contributed by atoms with E-state index in [2.05, 4.69) is 10.6 Å². The van der Waals surface area contributed by atoms with Crippen LogP contribution in [0.5, 0.6) is 0 Å². The van der Waals surface area contributed by atoms with Crippen LogP contribution in [0, 0.1) is 0 Å². The summed E-state index contributed by atoms with van der Waals surface area (Å²) >= 11 is 1.59. The maximum Gasteiger partial charge on any atom is 0.309 e.